The number of nitrogen functional groups attached to an aromatic ring is 1. The van der Waals surface area contributed by atoms with Crippen LogP contribution >= 0.6 is 11.6 Å². The first-order valence-corrected chi connectivity index (χ1v) is 10.6. The van der Waals surface area contributed by atoms with E-state index in [9.17, 15) is 26.7 Å². The first kappa shape index (κ1) is 20.9. The number of nitrogens with two attached hydrogens (primary N) is 1. The molecular formula is C18H16ClF3N4O3S. The van der Waals surface area contributed by atoms with Gasteiger partial charge in [-0.25, -0.2) is 21.6 Å². The number of sulfonamides is 1. The number of aromatic amines is 1. The molecule has 7 nitrogen and oxygen atoms in total. The number of hydrogen-bond donors (Lipinski definition) is 3. The number of H-pyrrole nitrogens is 1. The van der Waals surface area contributed by atoms with Gasteiger partial charge in [-0.2, -0.15) is 9.40 Å². The fraction of sp³-hybridized carbons (Fsp3) is 0.278. The third-order valence-electron chi connectivity index (χ3n) is 5.07. The Bertz CT molecular complexity index is 1250. The Morgan fingerprint density at radius 3 is 2.67 bits per heavy atom. The molecule has 160 valence electrons. The van der Waals surface area contributed by atoms with Crippen molar-refractivity contribution in [3.63, 3.8) is 0 Å². The average Bonchev–Trinajstić information content (AvgIpc) is 3.22. The summed E-state index contributed by atoms with van der Waals surface area (Å²) in [7, 11) is -4.45. The molecule has 0 amide bonds. The van der Waals surface area contributed by atoms with E-state index in [1.165, 1.54) is 12.1 Å². The molecule has 0 aliphatic carbocycles. The third kappa shape index (κ3) is 3.31. The van der Waals surface area contributed by atoms with Crippen LogP contribution in [0.4, 0.5) is 19.0 Å². The fourth-order valence-corrected chi connectivity index (χ4v) is 5.64. The Kier molecular flexibility index (Phi) is 4.96. The minimum atomic E-state index is -4.45. The summed E-state index contributed by atoms with van der Waals surface area (Å²) in [5.41, 5.74) is 6.59. The number of alkyl halides is 2. The summed E-state index contributed by atoms with van der Waals surface area (Å²) in [6.45, 7) is -1.84. The molecule has 4 N–H and O–H groups in total. The number of rotatable bonds is 4. The van der Waals surface area contributed by atoms with Gasteiger partial charge in [0.05, 0.1) is 40.0 Å². The monoisotopic (exact) mass is 460 g/mol. The van der Waals surface area contributed by atoms with Crippen molar-refractivity contribution in [2.75, 3.05) is 18.9 Å². The number of hydrogen-bond acceptors (Lipinski definition) is 5. The minimum Gasteiger partial charge on any atom is -0.395 e. The van der Waals surface area contributed by atoms with Crippen molar-refractivity contribution in [3.8, 4) is 11.1 Å². The topological polar surface area (TPSA) is 112 Å². The zero-order valence-corrected chi connectivity index (χ0v) is 16.8. The van der Waals surface area contributed by atoms with Crippen LogP contribution in [0, 0.1) is 5.82 Å². The molecular weight excluding hydrogens is 445 g/mol. The lowest BCUT2D eigenvalue weighted by atomic mass is 10.0. The van der Waals surface area contributed by atoms with Crippen molar-refractivity contribution in [3.05, 3.63) is 41.2 Å². The molecule has 4 rings (SSSR count). The van der Waals surface area contributed by atoms with Crippen LogP contribution in [-0.4, -0.2) is 53.1 Å². The highest BCUT2D eigenvalue weighted by atomic mass is 35.5. The molecule has 0 bridgehead atoms. The van der Waals surface area contributed by atoms with Gasteiger partial charge in [-0.15, -0.1) is 0 Å². The predicted octanol–water partition coefficient (Wildman–Crippen LogP) is 3.00. The Morgan fingerprint density at radius 2 is 2.00 bits per heavy atom. The SMILES string of the molecule is Nc1n[nH]c2ccc(-c3ccc(S(=O)(=O)N4CC(F)(F)CC4CO)cc3F)c(Cl)c12. The predicted molar refractivity (Wildman–Crippen MR) is 105 cm³/mol. The van der Waals surface area contributed by atoms with E-state index in [-0.39, 0.29) is 22.0 Å². The van der Waals surface area contributed by atoms with Crippen LogP contribution in [0.15, 0.2) is 35.2 Å². The van der Waals surface area contributed by atoms with Gasteiger partial charge in [0.2, 0.25) is 10.0 Å². The Balaban J connectivity index is 1.76. The number of aliphatic hydroxyl groups excluding tert-OH is 1. The molecule has 2 heterocycles. The number of aliphatic hydroxyl groups is 1. The third-order valence-corrected chi connectivity index (χ3v) is 7.36. The molecule has 1 fully saturated rings. The highest BCUT2D eigenvalue weighted by Gasteiger charge is 2.49. The normalized spacial score (nSPS) is 19.6. The first-order chi connectivity index (χ1) is 14.0. The van der Waals surface area contributed by atoms with Gasteiger partial charge in [-0.05, 0) is 18.2 Å². The van der Waals surface area contributed by atoms with Gasteiger partial charge in [0.25, 0.3) is 5.92 Å². The molecule has 0 saturated carbocycles. The highest BCUT2D eigenvalue weighted by molar-refractivity contribution is 7.89. The van der Waals surface area contributed by atoms with Crippen molar-refractivity contribution < 1.29 is 26.7 Å². The van der Waals surface area contributed by atoms with E-state index < -0.39 is 52.3 Å². The van der Waals surface area contributed by atoms with E-state index in [0.29, 0.717) is 15.2 Å². The van der Waals surface area contributed by atoms with Crippen LogP contribution in [0.25, 0.3) is 22.0 Å². The largest absolute Gasteiger partial charge is 0.395 e. The van der Waals surface area contributed by atoms with Crippen molar-refractivity contribution >= 4 is 38.3 Å². The number of anilines is 1. The minimum absolute atomic E-state index is 0.00640. The van der Waals surface area contributed by atoms with Gasteiger partial charge < -0.3 is 10.8 Å². The van der Waals surface area contributed by atoms with Crippen LogP contribution < -0.4 is 5.73 Å². The number of fused-ring (bicyclic) bond motifs is 1. The van der Waals surface area contributed by atoms with Crippen molar-refractivity contribution in [1.29, 1.82) is 0 Å². The molecule has 0 radical (unpaired) electrons. The van der Waals surface area contributed by atoms with E-state index in [2.05, 4.69) is 10.2 Å². The molecule has 0 spiro atoms. The fourth-order valence-electron chi connectivity index (χ4n) is 3.62. The van der Waals surface area contributed by atoms with Gasteiger partial charge in [0.15, 0.2) is 5.82 Å². The van der Waals surface area contributed by atoms with Crippen LogP contribution in [0.1, 0.15) is 6.42 Å². The molecule has 1 aromatic heterocycles. The lowest BCUT2D eigenvalue weighted by Gasteiger charge is -2.22. The Morgan fingerprint density at radius 1 is 1.30 bits per heavy atom. The van der Waals surface area contributed by atoms with Gasteiger partial charge in [-0.3, -0.25) is 5.10 Å². The standard InChI is InChI=1S/C18H16ClF3N4O3S/c19-16-12(3-4-14-15(16)17(23)25-24-14)11-2-1-10(5-13(11)20)30(28,29)26-8-18(21,22)6-9(26)7-27/h1-5,9,27H,6-8H2,(H3,23,24,25). The zero-order chi connectivity index (χ0) is 21.8. The number of nitrogens with zero attached hydrogens (tertiary/aromatic N) is 2. The summed E-state index contributed by atoms with van der Waals surface area (Å²) in [4.78, 5) is -0.500. The second kappa shape index (κ2) is 7.12. The van der Waals surface area contributed by atoms with Crippen LogP contribution in [0.2, 0.25) is 5.02 Å². The van der Waals surface area contributed by atoms with Gasteiger partial charge in [0, 0.05) is 17.5 Å². The maximum atomic E-state index is 14.9. The van der Waals surface area contributed by atoms with E-state index >= 15 is 0 Å². The number of halogens is 4. The van der Waals surface area contributed by atoms with E-state index in [4.69, 9.17) is 17.3 Å². The zero-order valence-electron chi connectivity index (χ0n) is 15.2. The van der Waals surface area contributed by atoms with Gasteiger partial charge in [0.1, 0.15) is 5.82 Å². The second-order valence-corrected chi connectivity index (χ2v) is 9.32. The second-order valence-electron chi connectivity index (χ2n) is 7.05. The summed E-state index contributed by atoms with van der Waals surface area (Å²) in [5.74, 6) is -4.06. The Labute approximate surface area is 174 Å². The van der Waals surface area contributed by atoms with Crippen LogP contribution in [-0.2, 0) is 10.0 Å². The van der Waals surface area contributed by atoms with Crippen molar-refractivity contribution in [2.24, 2.45) is 0 Å². The molecule has 1 atom stereocenters. The summed E-state index contributed by atoms with van der Waals surface area (Å²) in [6, 6.07) is 4.90. The molecule has 1 aliphatic rings. The molecule has 1 saturated heterocycles. The number of benzene rings is 2. The number of aromatic nitrogens is 2. The quantitative estimate of drug-likeness (QED) is 0.554. The maximum absolute atomic E-state index is 14.9. The lowest BCUT2D eigenvalue weighted by Crippen LogP contribution is -2.38. The van der Waals surface area contributed by atoms with E-state index in [1.54, 1.807) is 6.07 Å². The van der Waals surface area contributed by atoms with Crippen LogP contribution in [0.3, 0.4) is 0 Å². The van der Waals surface area contributed by atoms with E-state index in [1.807, 2.05) is 0 Å². The molecule has 1 unspecified atom stereocenters. The van der Waals surface area contributed by atoms with E-state index in [0.717, 1.165) is 12.1 Å². The molecule has 3 aromatic rings. The smallest absolute Gasteiger partial charge is 0.263 e. The molecule has 1 aliphatic heterocycles. The first-order valence-electron chi connectivity index (χ1n) is 8.77. The van der Waals surface area contributed by atoms with Gasteiger partial charge in [-0.1, -0.05) is 23.7 Å². The van der Waals surface area contributed by atoms with Crippen molar-refractivity contribution in [1.82, 2.24) is 14.5 Å². The average molecular weight is 461 g/mol. The summed E-state index contributed by atoms with van der Waals surface area (Å²) in [6.07, 6.45) is -0.801. The highest BCUT2D eigenvalue weighted by Crippen LogP contribution is 2.39. The molecule has 30 heavy (non-hydrogen) atoms. The summed E-state index contributed by atoms with van der Waals surface area (Å²) < 4.78 is 68.4. The number of nitrogens with one attached hydrogen (secondary N) is 1. The lowest BCUT2D eigenvalue weighted by molar-refractivity contribution is 0.0161. The van der Waals surface area contributed by atoms with Crippen LogP contribution in [0.5, 0.6) is 0 Å². The maximum Gasteiger partial charge on any atom is 0.263 e. The van der Waals surface area contributed by atoms with Crippen molar-refractivity contribution in [2.45, 2.75) is 23.3 Å². The van der Waals surface area contributed by atoms with Gasteiger partial charge >= 0.3 is 0 Å². The molecule has 2 aromatic carbocycles. The Hall–Kier alpha value is -2.34. The molecule has 12 heteroatoms. The summed E-state index contributed by atoms with van der Waals surface area (Å²) in [5, 5.41) is 16.4. The summed E-state index contributed by atoms with van der Waals surface area (Å²) >= 11 is 6.35.